The highest BCUT2D eigenvalue weighted by Gasteiger charge is 2.06. The van der Waals surface area contributed by atoms with Gasteiger partial charge in [0.25, 0.3) is 0 Å². The molecule has 1 atom stereocenters. The van der Waals surface area contributed by atoms with Gasteiger partial charge in [-0.05, 0) is 45.9 Å². The topological polar surface area (TPSA) is 12.0 Å². The fourth-order valence-corrected chi connectivity index (χ4v) is 2.34. The molecule has 2 aromatic carbocycles. The molecular weight excluding hydrogens is 357 g/mol. The van der Waals surface area contributed by atoms with Crippen LogP contribution in [0.1, 0.15) is 16.5 Å². The molecular formula is C15H15ClIN. The summed E-state index contributed by atoms with van der Waals surface area (Å²) in [5.74, 6) is 0. The number of hydrogen-bond donors (Lipinski definition) is 1. The van der Waals surface area contributed by atoms with Gasteiger partial charge in [0.15, 0.2) is 0 Å². The number of benzene rings is 2. The lowest BCUT2D eigenvalue weighted by atomic mass is 10.1. The SMILES string of the molecule is ClC(CNCc1ccc(I)cc1)c1ccccc1. The molecule has 0 radical (unpaired) electrons. The molecule has 0 saturated carbocycles. The second-order valence-corrected chi connectivity index (χ2v) is 5.91. The Kier molecular flexibility index (Phi) is 5.47. The molecule has 0 heterocycles. The second kappa shape index (κ2) is 7.12. The predicted molar refractivity (Wildman–Crippen MR) is 85.9 cm³/mol. The van der Waals surface area contributed by atoms with E-state index in [2.05, 4.69) is 64.3 Å². The zero-order valence-corrected chi connectivity index (χ0v) is 12.9. The van der Waals surface area contributed by atoms with Crippen molar-refractivity contribution in [3.63, 3.8) is 0 Å². The van der Waals surface area contributed by atoms with Gasteiger partial charge in [-0.2, -0.15) is 0 Å². The van der Waals surface area contributed by atoms with Crippen LogP contribution in [0.25, 0.3) is 0 Å². The molecule has 2 aromatic rings. The maximum absolute atomic E-state index is 6.33. The second-order valence-electron chi connectivity index (χ2n) is 4.14. The van der Waals surface area contributed by atoms with Crippen LogP contribution in [-0.2, 0) is 6.54 Å². The van der Waals surface area contributed by atoms with Crippen LogP contribution in [0.3, 0.4) is 0 Å². The third-order valence-electron chi connectivity index (χ3n) is 2.73. The summed E-state index contributed by atoms with van der Waals surface area (Å²) in [6.45, 7) is 1.63. The Morgan fingerprint density at radius 3 is 2.33 bits per heavy atom. The zero-order chi connectivity index (χ0) is 12.8. The molecule has 0 fully saturated rings. The van der Waals surface area contributed by atoms with E-state index >= 15 is 0 Å². The highest BCUT2D eigenvalue weighted by atomic mass is 127. The van der Waals surface area contributed by atoms with Gasteiger partial charge in [-0.3, -0.25) is 0 Å². The van der Waals surface area contributed by atoms with E-state index in [1.165, 1.54) is 9.13 Å². The van der Waals surface area contributed by atoms with Crippen molar-refractivity contribution >= 4 is 34.2 Å². The Morgan fingerprint density at radius 1 is 1.00 bits per heavy atom. The standard InChI is InChI=1S/C15H15ClIN/c16-15(13-4-2-1-3-5-13)11-18-10-12-6-8-14(17)9-7-12/h1-9,15,18H,10-11H2. The van der Waals surface area contributed by atoms with E-state index in [0.29, 0.717) is 0 Å². The smallest absolute Gasteiger partial charge is 0.0709 e. The first-order chi connectivity index (χ1) is 8.75. The first-order valence-corrected chi connectivity index (χ1v) is 7.41. The van der Waals surface area contributed by atoms with Gasteiger partial charge in [-0.25, -0.2) is 0 Å². The Hall–Kier alpha value is -0.580. The molecule has 18 heavy (non-hydrogen) atoms. The van der Waals surface area contributed by atoms with Crippen LogP contribution in [0.2, 0.25) is 0 Å². The predicted octanol–water partition coefficient (Wildman–Crippen LogP) is 4.36. The minimum absolute atomic E-state index is 0.0232. The third-order valence-corrected chi connectivity index (χ3v) is 3.85. The Morgan fingerprint density at radius 2 is 1.67 bits per heavy atom. The molecule has 0 bridgehead atoms. The maximum atomic E-state index is 6.33. The lowest BCUT2D eigenvalue weighted by Gasteiger charge is -2.11. The van der Waals surface area contributed by atoms with Crippen molar-refractivity contribution in [3.05, 3.63) is 69.3 Å². The van der Waals surface area contributed by atoms with Crippen molar-refractivity contribution in [2.75, 3.05) is 6.54 Å². The monoisotopic (exact) mass is 371 g/mol. The largest absolute Gasteiger partial charge is 0.311 e. The van der Waals surface area contributed by atoms with Crippen LogP contribution in [-0.4, -0.2) is 6.54 Å². The van der Waals surface area contributed by atoms with Gasteiger partial charge < -0.3 is 5.32 Å². The van der Waals surface area contributed by atoms with Gasteiger partial charge in [0.05, 0.1) is 5.38 Å². The van der Waals surface area contributed by atoms with E-state index in [4.69, 9.17) is 11.6 Å². The highest BCUT2D eigenvalue weighted by Crippen LogP contribution is 2.18. The van der Waals surface area contributed by atoms with Crippen LogP contribution < -0.4 is 5.32 Å². The first kappa shape index (κ1) is 13.8. The van der Waals surface area contributed by atoms with Crippen molar-refractivity contribution in [2.24, 2.45) is 0 Å². The van der Waals surface area contributed by atoms with Gasteiger partial charge in [0, 0.05) is 16.7 Å². The highest BCUT2D eigenvalue weighted by molar-refractivity contribution is 14.1. The minimum Gasteiger partial charge on any atom is -0.311 e. The molecule has 1 unspecified atom stereocenters. The van der Waals surface area contributed by atoms with Gasteiger partial charge in [0.2, 0.25) is 0 Å². The van der Waals surface area contributed by atoms with E-state index in [0.717, 1.165) is 18.7 Å². The average molecular weight is 372 g/mol. The molecule has 0 amide bonds. The van der Waals surface area contributed by atoms with E-state index < -0.39 is 0 Å². The summed E-state index contributed by atoms with van der Waals surface area (Å²) < 4.78 is 1.26. The summed E-state index contributed by atoms with van der Waals surface area (Å²) in [5, 5.41) is 3.41. The summed E-state index contributed by atoms with van der Waals surface area (Å²) >= 11 is 8.64. The first-order valence-electron chi connectivity index (χ1n) is 5.90. The molecule has 0 aliphatic heterocycles. The number of rotatable bonds is 5. The number of nitrogens with one attached hydrogen (secondary N) is 1. The fourth-order valence-electron chi connectivity index (χ4n) is 1.73. The normalized spacial score (nSPS) is 12.3. The van der Waals surface area contributed by atoms with E-state index in [9.17, 15) is 0 Å². The zero-order valence-electron chi connectivity index (χ0n) is 9.94. The molecule has 1 nitrogen and oxygen atoms in total. The molecule has 1 N–H and O–H groups in total. The van der Waals surface area contributed by atoms with Crippen molar-refractivity contribution in [1.29, 1.82) is 0 Å². The quantitative estimate of drug-likeness (QED) is 0.608. The molecule has 3 heteroatoms. The van der Waals surface area contributed by atoms with Gasteiger partial charge in [-0.15, -0.1) is 11.6 Å². The van der Waals surface area contributed by atoms with Crippen molar-refractivity contribution in [1.82, 2.24) is 5.32 Å². The summed E-state index contributed by atoms with van der Waals surface area (Å²) in [6.07, 6.45) is 0. The molecule has 2 rings (SSSR count). The van der Waals surface area contributed by atoms with Crippen molar-refractivity contribution in [2.45, 2.75) is 11.9 Å². The fraction of sp³-hybridized carbons (Fsp3) is 0.200. The van der Waals surface area contributed by atoms with Crippen LogP contribution in [0.15, 0.2) is 54.6 Å². The Balaban J connectivity index is 1.80. The van der Waals surface area contributed by atoms with Gasteiger partial charge in [-0.1, -0.05) is 42.5 Å². The molecule has 0 aromatic heterocycles. The molecule has 0 saturated heterocycles. The number of halogens is 2. The Labute approximate surface area is 127 Å². The van der Waals surface area contributed by atoms with Crippen LogP contribution in [0.4, 0.5) is 0 Å². The van der Waals surface area contributed by atoms with E-state index in [-0.39, 0.29) is 5.38 Å². The van der Waals surface area contributed by atoms with Crippen LogP contribution in [0, 0.1) is 3.57 Å². The summed E-state index contributed by atoms with van der Waals surface area (Å²) in [6, 6.07) is 18.7. The molecule has 0 aliphatic rings. The lowest BCUT2D eigenvalue weighted by molar-refractivity contribution is 0.674. The summed E-state index contributed by atoms with van der Waals surface area (Å²) in [7, 11) is 0. The van der Waals surface area contributed by atoms with Crippen LogP contribution >= 0.6 is 34.2 Å². The minimum atomic E-state index is 0.0232. The lowest BCUT2D eigenvalue weighted by Crippen LogP contribution is -2.18. The van der Waals surface area contributed by atoms with Crippen molar-refractivity contribution < 1.29 is 0 Å². The number of hydrogen-bond acceptors (Lipinski definition) is 1. The molecule has 94 valence electrons. The third kappa shape index (κ3) is 4.26. The van der Waals surface area contributed by atoms with Crippen LogP contribution in [0.5, 0.6) is 0 Å². The van der Waals surface area contributed by atoms with E-state index in [1.807, 2.05) is 18.2 Å². The van der Waals surface area contributed by atoms with Crippen molar-refractivity contribution in [3.8, 4) is 0 Å². The van der Waals surface area contributed by atoms with E-state index in [1.54, 1.807) is 0 Å². The maximum Gasteiger partial charge on any atom is 0.0709 e. The molecule has 0 spiro atoms. The Bertz CT molecular complexity index is 470. The van der Waals surface area contributed by atoms with Gasteiger partial charge in [0.1, 0.15) is 0 Å². The number of alkyl halides is 1. The molecule has 0 aliphatic carbocycles. The summed E-state index contributed by atoms with van der Waals surface area (Å²) in [4.78, 5) is 0. The summed E-state index contributed by atoms with van der Waals surface area (Å²) in [5.41, 5.74) is 2.45. The van der Waals surface area contributed by atoms with Gasteiger partial charge >= 0.3 is 0 Å². The average Bonchev–Trinajstić information content (AvgIpc) is 2.42.